The normalized spacial score (nSPS) is 21.0. The highest BCUT2D eigenvalue weighted by molar-refractivity contribution is 6.45. The van der Waals surface area contributed by atoms with E-state index in [0.29, 0.717) is 51.7 Å². The first kappa shape index (κ1) is 48.3. The van der Waals surface area contributed by atoms with E-state index in [2.05, 4.69) is 78.7 Å². The molecule has 5 heterocycles. The van der Waals surface area contributed by atoms with Crippen LogP contribution in [0.25, 0.3) is 33.3 Å². The number of methoxy groups -OCH3 is 1. The number of rotatable bonds is 11. The van der Waals surface area contributed by atoms with E-state index >= 15 is 0 Å². The highest BCUT2D eigenvalue weighted by atomic mass is 28.2. The topological polar surface area (TPSA) is 155 Å². The Balaban J connectivity index is 1.25. The summed E-state index contributed by atoms with van der Waals surface area (Å²) >= 11 is 0. The second-order valence-electron chi connectivity index (χ2n) is 19.1. The van der Waals surface area contributed by atoms with Crippen molar-refractivity contribution >= 4 is 50.2 Å². The van der Waals surface area contributed by atoms with Crippen molar-refractivity contribution in [3.05, 3.63) is 90.3 Å². The minimum absolute atomic E-state index is 0.155. The molecule has 2 radical (unpaired) electrons. The third-order valence-electron chi connectivity index (χ3n) is 13.4. The van der Waals surface area contributed by atoms with Crippen LogP contribution in [0.2, 0.25) is 5.54 Å². The Hall–Kier alpha value is -5.64. The number of pyridine rings is 1. The highest BCUT2D eigenvalue weighted by Crippen LogP contribution is 2.42. The van der Waals surface area contributed by atoms with Gasteiger partial charge in [-0.1, -0.05) is 64.6 Å². The number of benzene rings is 2. The van der Waals surface area contributed by atoms with Gasteiger partial charge in [0.15, 0.2) is 9.68 Å². The SMILES string of the molecule is C=CC(=O)N1CC[C@@H](C(=O)N(C)[C@H](C(=O)N[Si]C2Cc3cccc(c3)-c3ccc4c(c3)c(c(-c3cccnc3[C@H](C)OC)n4CC)CC(C)(C)COC(=O)[C@@H]3CCCN(N3)C2=O)C(C)C)C1. The van der Waals surface area contributed by atoms with Crippen LogP contribution in [0.5, 0.6) is 0 Å². The summed E-state index contributed by atoms with van der Waals surface area (Å²) in [5, 5.41) is 2.62. The summed E-state index contributed by atoms with van der Waals surface area (Å²) in [6.07, 6.45) is 5.32. The molecule has 4 amide bonds. The fraction of sp³-hybridized carbons (Fsp3) is 0.490. The predicted octanol–water partition coefficient (Wildman–Crippen LogP) is 6.30. The maximum absolute atomic E-state index is 14.7. The molecule has 0 aliphatic carbocycles. The second-order valence-corrected chi connectivity index (χ2v) is 20.3. The Morgan fingerprint density at radius 1 is 1.08 bits per heavy atom. The Labute approximate surface area is 391 Å². The molecular weight excluding hydrogens is 851 g/mol. The fourth-order valence-corrected chi connectivity index (χ4v) is 10.9. The third kappa shape index (κ3) is 10.2. The van der Waals surface area contributed by atoms with Gasteiger partial charge in [0.2, 0.25) is 23.6 Å². The molecule has 0 spiro atoms. The molecular formula is C51H65N7O7Si. The van der Waals surface area contributed by atoms with E-state index < -0.39 is 34.9 Å². The molecule has 7 rings (SSSR count). The van der Waals surface area contributed by atoms with Crippen molar-refractivity contribution in [1.29, 1.82) is 0 Å². The zero-order valence-electron chi connectivity index (χ0n) is 39.7. The lowest BCUT2D eigenvalue weighted by atomic mass is 9.84. The van der Waals surface area contributed by atoms with Gasteiger partial charge in [0.25, 0.3) is 0 Å². The van der Waals surface area contributed by atoms with Crippen molar-refractivity contribution in [2.75, 3.05) is 40.4 Å². The first-order valence-electron chi connectivity index (χ1n) is 23.3. The van der Waals surface area contributed by atoms with E-state index in [1.165, 1.54) is 16.0 Å². The summed E-state index contributed by atoms with van der Waals surface area (Å²) in [7, 11) is 2.99. The lowest BCUT2D eigenvalue weighted by Gasteiger charge is -2.36. The predicted molar refractivity (Wildman–Crippen MR) is 256 cm³/mol. The Kier molecular flexibility index (Phi) is 15.0. The molecule has 350 valence electrons. The summed E-state index contributed by atoms with van der Waals surface area (Å²) in [5.74, 6) is -2.11. The second kappa shape index (κ2) is 20.5. The molecule has 2 aromatic carbocycles. The van der Waals surface area contributed by atoms with Gasteiger partial charge in [-0.05, 0) is 104 Å². The number of aryl methyl sites for hydroxylation is 1. The number of nitrogens with zero attached hydrogens (tertiary/aromatic N) is 5. The van der Waals surface area contributed by atoms with Crippen LogP contribution >= 0.6 is 0 Å². The Morgan fingerprint density at radius 3 is 2.58 bits per heavy atom. The molecule has 2 fully saturated rings. The van der Waals surface area contributed by atoms with Crippen LogP contribution in [0.4, 0.5) is 0 Å². The lowest BCUT2D eigenvalue weighted by molar-refractivity contribution is -0.154. The van der Waals surface area contributed by atoms with Gasteiger partial charge in [0, 0.05) is 68.4 Å². The van der Waals surface area contributed by atoms with Gasteiger partial charge >= 0.3 is 5.97 Å². The zero-order chi connectivity index (χ0) is 47.4. The summed E-state index contributed by atoms with van der Waals surface area (Å²) in [4.78, 5) is 79.8. The molecule has 66 heavy (non-hydrogen) atoms. The number of cyclic esters (lactones) is 1. The highest BCUT2D eigenvalue weighted by Gasteiger charge is 2.39. The van der Waals surface area contributed by atoms with Crippen LogP contribution in [0.3, 0.4) is 0 Å². The van der Waals surface area contributed by atoms with Crippen molar-refractivity contribution in [2.24, 2.45) is 17.3 Å². The first-order chi connectivity index (χ1) is 31.5. The number of likely N-dealkylation sites (N-methyl/N-ethyl adjacent to an activating group) is 1. The van der Waals surface area contributed by atoms with Gasteiger partial charge in [0.1, 0.15) is 12.1 Å². The largest absolute Gasteiger partial charge is 0.464 e. The molecule has 0 saturated carbocycles. The van der Waals surface area contributed by atoms with Crippen molar-refractivity contribution in [1.82, 2.24) is 34.8 Å². The van der Waals surface area contributed by atoms with Crippen LogP contribution in [-0.2, 0) is 52.8 Å². The number of likely N-dealkylation sites (tertiary alicyclic amines) is 1. The number of carbonyl (C=O) groups excluding carboxylic acids is 5. The monoisotopic (exact) mass is 915 g/mol. The summed E-state index contributed by atoms with van der Waals surface area (Å²) < 4.78 is 14.3. The van der Waals surface area contributed by atoms with E-state index in [9.17, 15) is 24.0 Å². The summed E-state index contributed by atoms with van der Waals surface area (Å²) in [5.41, 5.74) is 10.1. The zero-order valence-corrected chi connectivity index (χ0v) is 40.7. The standard InChI is InChI=1S/C51H65N7O7Si/c1-10-43(59)56-24-21-36(29-56)48(61)55(8)45(31(3)4)47(60)54-66-42-26-33-15-12-16-34(25-33)35-19-20-41-38(27-35)39(46(57(41)11-2)37-17-13-22-52-44(37)32(5)64-9)28-51(6,7)30-65-50(63)40-18-14-23-58(53-40)49(42)62/h10,12-13,15-17,19-20,22,25,27,31-32,36,40,42,45,53H,1,11,14,18,21,23-24,26,28-30H2,2-9H3,(H,54,60)/t32-,36+,40-,42?,45-/m0/s1. The van der Waals surface area contributed by atoms with E-state index in [4.69, 9.17) is 14.5 Å². The van der Waals surface area contributed by atoms with Crippen LogP contribution in [0.15, 0.2) is 73.4 Å². The van der Waals surface area contributed by atoms with Gasteiger partial charge < -0.3 is 28.8 Å². The number of ether oxygens (including phenoxy) is 2. The number of carbonyl (C=O) groups is 5. The molecule has 1 unspecified atom stereocenters. The molecule has 6 bridgehead atoms. The number of hydrogen-bond acceptors (Lipinski definition) is 9. The molecule has 3 aliphatic heterocycles. The van der Waals surface area contributed by atoms with Crippen LogP contribution in [0, 0.1) is 17.3 Å². The van der Waals surface area contributed by atoms with Crippen molar-refractivity contribution in [2.45, 2.75) is 104 Å². The number of aromatic nitrogens is 2. The number of amides is 4. The van der Waals surface area contributed by atoms with Crippen LogP contribution in [0.1, 0.15) is 83.7 Å². The smallest absolute Gasteiger partial charge is 0.324 e. The molecule has 2 aromatic heterocycles. The first-order valence-corrected chi connectivity index (χ1v) is 24.3. The minimum Gasteiger partial charge on any atom is -0.464 e. The Morgan fingerprint density at radius 2 is 1.85 bits per heavy atom. The summed E-state index contributed by atoms with van der Waals surface area (Å²) in [6, 6.07) is 17.3. The number of fused-ring (bicyclic) bond motifs is 6. The molecule has 15 heteroatoms. The maximum Gasteiger partial charge on any atom is 0.324 e. The number of nitrogens with one attached hydrogen (secondary N) is 2. The van der Waals surface area contributed by atoms with Crippen LogP contribution < -0.4 is 10.4 Å². The number of esters is 1. The van der Waals surface area contributed by atoms with Gasteiger partial charge in [0.05, 0.1) is 35.6 Å². The van der Waals surface area contributed by atoms with E-state index in [1.807, 2.05) is 39.0 Å². The Bertz CT molecular complexity index is 2480. The van der Waals surface area contributed by atoms with Crippen molar-refractivity contribution in [3.8, 4) is 22.4 Å². The summed E-state index contributed by atoms with van der Waals surface area (Å²) in [6.45, 7) is 17.7. The van der Waals surface area contributed by atoms with Gasteiger partial charge in [-0.15, -0.1) is 0 Å². The van der Waals surface area contributed by atoms with Crippen molar-refractivity contribution in [3.63, 3.8) is 0 Å². The average molecular weight is 916 g/mol. The van der Waals surface area contributed by atoms with E-state index in [1.54, 1.807) is 25.3 Å². The molecule has 3 aliphatic rings. The minimum atomic E-state index is -0.806. The van der Waals surface area contributed by atoms with E-state index in [0.717, 1.165) is 50.1 Å². The van der Waals surface area contributed by atoms with Gasteiger partial charge in [-0.3, -0.25) is 34.0 Å². The van der Waals surface area contributed by atoms with Crippen LogP contribution in [-0.4, -0.2) is 116 Å². The quantitative estimate of drug-likeness (QED) is 0.100. The lowest BCUT2D eigenvalue weighted by Crippen LogP contribution is -2.58. The molecule has 14 nitrogen and oxygen atoms in total. The molecule has 5 atom stereocenters. The molecule has 2 N–H and O–H groups in total. The maximum atomic E-state index is 14.7. The third-order valence-corrected chi connectivity index (χ3v) is 14.6. The number of hydrogen-bond donors (Lipinski definition) is 2. The molecule has 4 aromatic rings. The average Bonchev–Trinajstić information content (AvgIpc) is 3.93. The van der Waals surface area contributed by atoms with Gasteiger partial charge in [-0.25, -0.2) is 5.43 Å². The molecule has 2 saturated heterocycles. The van der Waals surface area contributed by atoms with Gasteiger partial charge in [-0.2, -0.15) is 0 Å². The fourth-order valence-electron chi connectivity index (χ4n) is 9.86. The van der Waals surface area contributed by atoms with E-state index in [-0.39, 0.29) is 58.5 Å². The van der Waals surface area contributed by atoms with Crippen molar-refractivity contribution < 1.29 is 33.4 Å². The number of hydrazine groups is 1.